The zero-order valence-corrected chi connectivity index (χ0v) is 11.5. The van der Waals surface area contributed by atoms with Crippen LogP contribution in [0.5, 0.6) is 0 Å². The predicted octanol–water partition coefficient (Wildman–Crippen LogP) is 3.48. The van der Waals surface area contributed by atoms with Gasteiger partial charge in [0.1, 0.15) is 5.54 Å². The standard InChI is InChI=1S/C14H18ClNO2/c1-14(13(17)18-2,9-10-6-7-10)16-12-5-3-4-11(15)8-12/h3-5,8,10,16H,6-7,9H2,1-2H3. The molecule has 1 unspecified atom stereocenters. The molecule has 1 fully saturated rings. The number of ether oxygens (including phenoxy) is 1. The minimum Gasteiger partial charge on any atom is -0.467 e. The van der Waals surface area contributed by atoms with Crippen molar-refractivity contribution in [2.24, 2.45) is 5.92 Å². The van der Waals surface area contributed by atoms with Gasteiger partial charge in [-0.3, -0.25) is 0 Å². The molecule has 0 aromatic heterocycles. The van der Waals surface area contributed by atoms with Gasteiger partial charge in [-0.15, -0.1) is 0 Å². The molecule has 1 aromatic carbocycles. The second kappa shape index (κ2) is 5.19. The molecule has 0 aliphatic heterocycles. The summed E-state index contributed by atoms with van der Waals surface area (Å²) in [6, 6.07) is 7.39. The van der Waals surface area contributed by atoms with Crippen molar-refractivity contribution in [3.63, 3.8) is 0 Å². The van der Waals surface area contributed by atoms with Crippen LogP contribution in [0.1, 0.15) is 26.2 Å². The summed E-state index contributed by atoms with van der Waals surface area (Å²) < 4.78 is 4.91. The number of nitrogens with one attached hydrogen (secondary N) is 1. The molecule has 98 valence electrons. The fourth-order valence-corrected chi connectivity index (χ4v) is 2.39. The molecule has 4 heteroatoms. The molecule has 1 N–H and O–H groups in total. The van der Waals surface area contributed by atoms with Gasteiger partial charge >= 0.3 is 5.97 Å². The Morgan fingerprint density at radius 3 is 2.83 bits per heavy atom. The Kier molecular flexibility index (Phi) is 3.81. The van der Waals surface area contributed by atoms with Crippen LogP contribution < -0.4 is 5.32 Å². The van der Waals surface area contributed by atoms with E-state index in [-0.39, 0.29) is 5.97 Å². The molecule has 0 saturated heterocycles. The quantitative estimate of drug-likeness (QED) is 0.830. The first-order valence-corrected chi connectivity index (χ1v) is 6.53. The molecular weight excluding hydrogens is 250 g/mol. The number of esters is 1. The maximum Gasteiger partial charge on any atom is 0.331 e. The lowest BCUT2D eigenvalue weighted by Gasteiger charge is -2.29. The highest BCUT2D eigenvalue weighted by molar-refractivity contribution is 6.30. The van der Waals surface area contributed by atoms with Gasteiger partial charge in [-0.2, -0.15) is 0 Å². The highest BCUT2D eigenvalue weighted by atomic mass is 35.5. The van der Waals surface area contributed by atoms with E-state index in [0.717, 1.165) is 12.1 Å². The first kappa shape index (κ1) is 13.2. The highest BCUT2D eigenvalue weighted by Crippen LogP contribution is 2.38. The number of anilines is 1. The van der Waals surface area contributed by atoms with Crippen LogP contribution in [0, 0.1) is 5.92 Å². The number of benzene rings is 1. The van der Waals surface area contributed by atoms with E-state index in [0.29, 0.717) is 10.9 Å². The van der Waals surface area contributed by atoms with Gasteiger partial charge in [0.15, 0.2) is 0 Å². The molecule has 18 heavy (non-hydrogen) atoms. The van der Waals surface area contributed by atoms with E-state index in [9.17, 15) is 4.79 Å². The second-order valence-electron chi connectivity index (χ2n) is 5.11. The maximum absolute atomic E-state index is 12.0. The molecule has 0 spiro atoms. The lowest BCUT2D eigenvalue weighted by atomic mass is 9.94. The van der Waals surface area contributed by atoms with Crippen molar-refractivity contribution in [2.75, 3.05) is 12.4 Å². The Labute approximate surface area is 112 Å². The monoisotopic (exact) mass is 267 g/mol. The summed E-state index contributed by atoms with van der Waals surface area (Å²) in [7, 11) is 1.42. The zero-order valence-electron chi connectivity index (χ0n) is 10.7. The molecule has 0 amide bonds. The van der Waals surface area contributed by atoms with Crippen molar-refractivity contribution in [1.82, 2.24) is 0 Å². The summed E-state index contributed by atoms with van der Waals surface area (Å²) in [5.41, 5.74) is 0.164. The van der Waals surface area contributed by atoms with Crippen molar-refractivity contribution in [3.05, 3.63) is 29.3 Å². The van der Waals surface area contributed by atoms with Crippen molar-refractivity contribution >= 4 is 23.3 Å². The summed E-state index contributed by atoms with van der Waals surface area (Å²) in [5, 5.41) is 3.91. The third kappa shape index (κ3) is 3.16. The lowest BCUT2D eigenvalue weighted by Crippen LogP contribution is -2.44. The molecule has 1 aliphatic rings. The van der Waals surface area contributed by atoms with Crippen LogP contribution in [-0.2, 0) is 9.53 Å². The average Bonchev–Trinajstić information content (AvgIpc) is 3.11. The second-order valence-corrected chi connectivity index (χ2v) is 5.54. The molecule has 0 heterocycles. The molecule has 1 aromatic rings. The molecule has 0 bridgehead atoms. The molecule has 3 nitrogen and oxygen atoms in total. The Balaban J connectivity index is 2.15. The fraction of sp³-hybridized carbons (Fsp3) is 0.500. The predicted molar refractivity (Wildman–Crippen MR) is 72.8 cm³/mol. The van der Waals surface area contributed by atoms with Crippen LogP contribution >= 0.6 is 11.6 Å². The van der Waals surface area contributed by atoms with Gasteiger partial charge < -0.3 is 10.1 Å². The summed E-state index contributed by atoms with van der Waals surface area (Å²) in [6.45, 7) is 1.89. The van der Waals surface area contributed by atoms with Gasteiger partial charge in [-0.1, -0.05) is 30.5 Å². The largest absolute Gasteiger partial charge is 0.467 e. The van der Waals surface area contributed by atoms with E-state index < -0.39 is 5.54 Å². The van der Waals surface area contributed by atoms with Crippen LogP contribution in [0.4, 0.5) is 5.69 Å². The molecule has 0 radical (unpaired) electrons. The number of methoxy groups -OCH3 is 1. The zero-order chi connectivity index (χ0) is 13.2. The van der Waals surface area contributed by atoms with Crippen LogP contribution in [0.3, 0.4) is 0 Å². The van der Waals surface area contributed by atoms with Gasteiger partial charge in [0.2, 0.25) is 0 Å². The molecule has 2 rings (SSSR count). The van der Waals surface area contributed by atoms with Crippen molar-refractivity contribution < 1.29 is 9.53 Å². The van der Waals surface area contributed by atoms with E-state index >= 15 is 0 Å². The number of carbonyl (C=O) groups excluding carboxylic acids is 1. The number of hydrogen-bond acceptors (Lipinski definition) is 3. The first-order chi connectivity index (χ1) is 8.53. The lowest BCUT2D eigenvalue weighted by molar-refractivity contribution is -0.145. The van der Waals surface area contributed by atoms with E-state index in [2.05, 4.69) is 5.32 Å². The van der Waals surface area contributed by atoms with Crippen LogP contribution in [0.15, 0.2) is 24.3 Å². The Bertz CT molecular complexity index is 445. The summed E-state index contributed by atoms with van der Waals surface area (Å²) in [6.07, 6.45) is 3.19. The van der Waals surface area contributed by atoms with Crippen LogP contribution in [0.25, 0.3) is 0 Å². The number of rotatable bonds is 5. The minimum absolute atomic E-state index is 0.227. The van der Waals surface area contributed by atoms with E-state index in [1.807, 2.05) is 31.2 Å². The number of halogens is 1. The van der Waals surface area contributed by atoms with Gasteiger partial charge in [-0.25, -0.2) is 4.79 Å². The van der Waals surface area contributed by atoms with Gasteiger partial charge in [0, 0.05) is 10.7 Å². The van der Waals surface area contributed by atoms with Crippen LogP contribution in [-0.4, -0.2) is 18.6 Å². The summed E-state index contributed by atoms with van der Waals surface area (Å²) >= 11 is 5.95. The van der Waals surface area contributed by atoms with Crippen molar-refractivity contribution in [2.45, 2.75) is 31.7 Å². The van der Waals surface area contributed by atoms with Gasteiger partial charge in [-0.05, 0) is 37.5 Å². The summed E-state index contributed by atoms with van der Waals surface area (Å²) in [5.74, 6) is 0.398. The van der Waals surface area contributed by atoms with E-state index in [4.69, 9.17) is 16.3 Å². The highest BCUT2D eigenvalue weighted by Gasteiger charge is 2.40. The Morgan fingerprint density at radius 1 is 1.56 bits per heavy atom. The minimum atomic E-state index is -0.680. The maximum atomic E-state index is 12.0. The fourth-order valence-electron chi connectivity index (χ4n) is 2.19. The average molecular weight is 268 g/mol. The Hall–Kier alpha value is -1.22. The molecule has 1 aliphatic carbocycles. The number of carbonyl (C=O) groups is 1. The third-order valence-corrected chi connectivity index (χ3v) is 3.51. The molecule has 1 saturated carbocycles. The van der Waals surface area contributed by atoms with Crippen LogP contribution in [0.2, 0.25) is 5.02 Å². The SMILES string of the molecule is COC(=O)C(C)(CC1CC1)Nc1cccc(Cl)c1. The van der Waals surface area contributed by atoms with Gasteiger partial charge in [0.25, 0.3) is 0 Å². The smallest absolute Gasteiger partial charge is 0.331 e. The topological polar surface area (TPSA) is 38.3 Å². The number of hydrogen-bond donors (Lipinski definition) is 1. The van der Waals surface area contributed by atoms with Crippen molar-refractivity contribution in [1.29, 1.82) is 0 Å². The molecular formula is C14H18ClNO2. The third-order valence-electron chi connectivity index (χ3n) is 3.27. The normalized spacial score (nSPS) is 17.9. The van der Waals surface area contributed by atoms with E-state index in [1.54, 1.807) is 0 Å². The van der Waals surface area contributed by atoms with E-state index in [1.165, 1.54) is 20.0 Å². The molecule has 1 atom stereocenters. The summed E-state index contributed by atoms with van der Waals surface area (Å²) in [4.78, 5) is 12.0. The van der Waals surface area contributed by atoms with Gasteiger partial charge in [0.05, 0.1) is 7.11 Å². The Morgan fingerprint density at radius 2 is 2.28 bits per heavy atom. The first-order valence-electron chi connectivity index (χ1n) is 6.16. The van der Waals surface area contributed by atoms with Crippen molar-refractivity contribution in [3.8, 4) is 0 Å².